The summed E-state index contributed by atoms with van der Waals surface area (Å²) in [5.74, 6) is -0.797. The molecule has 1 aromatic carbocycles. The number of allylic oxidation sites excluding steroid dienone is 1. The standard InChI is InChI=1S/C26H24N6O4S2/c1-9-10-3-4-32-20-13(33)6-14-26(23(20)38-24-12(31(2)8-28-24)5-11(27)25(35)36)7-15(37-14)30-19-17(26)21(32)16(10)18(29-9)22(19)34/h6,8,11,15,20,23H,3-5,7,27H2,1-2H3,(H2,29,30,34,35,36)/p+1/t11-,15-,20+,23-,26+/m0/s1. The maximum absolute atomic E-state index is 13.9. The molecule has 0 amide bonds. The van der Waals surface area contributed by atoms with Crippen molar-refractivity contribution in [3.05, 3.63) is 39.1 Å². The number of rotatable bonds is 5. The van der Waals surface area contributed by atoms with Gasteiger partial charge in [-0.1, -0.05) is 11.8 Å². The minimum atomic E-state index is -1.06. The van der Waals surface area contributed by atoms with E-state index in [-0.39, 0.29) is 28.6 Å². The van der Waals surface area contributed by atoms with Crippen LogP contribution in [-0.2, 0) is 28.5 Å². The summed E-state index contributed by atoms with van der Waals surface area (Å²) in [5.41, 5.74) is 10.7. The molecular formula is C26H25N6O4S2+. The SMILES string of the molecule is CC1=Nc2c(O)c3c4c5c2=C1CC[N+]=5[C@@H]1C(=O)C=C2S[C@@H](C[C@@]24[C@H]1Sc1ncn(C)c1C[C@H](N)C(=O)O)N3. The third-order valence-electron chi connectivity index (χ3n) is 8.96. The topological polar surface area (TPSA) is 146 Å². The van der Waals surface area contributed by atoms with E-state index in [4.69, 9.17) is 10.7 Å². The Balaban J connectivity index is 1.39. The number of aliphatic imine (C=N–C) groups is 1. The van der Waals surface area contributed by atoms with Crippen LogP contribution in [-0.4, -0.2) is 66.5 Å². The van der Waals surface area contributed by atoms with E-state index < -0.39 is 23.5 Å². The van der Waals surface area contributed by atoms with E-state index in [0.29, 0.717) is 17.3 Å². The Hall–Kier alpha value is -3.09. The lowest BCUT2D eigenvalue weighted by Gasteiger charge is -2.47. The molecule has 0 saturated carbocycles. The molecule has 0 unspecified atom stereocenters. The first-order valence-corrected chi connectivity index (χ1v) is 14.4. The number of thioether (sulfide) groups is 2. The minimum Gasteiger partial charge on any atom is -0.504 e. The number of anilines is 1. The van der Waals surface area contributed by atoms with E-state index >= 15 is 0 Å². The van der Waals surface area contributed by atoms with Gasteiger partial charge >= 0.3 is 5.97 Å². The first-order chi connectivity index (χ1) is 18.2. The van der Waals surface area contributed by atoms with Crippen LogP contribution in [0.5, 0.6) is 5.75 Å². The molecule has 3 bridgehead atoms. The Bertz CT molecular complexity index is 1740. The normalized spacial score (nSPS) is 29.8. The van der Waals surface area contributed by atoms with Crippen molar-refractivity contribution >= 4 is 57.9 Å². The van der Waals surface area contributed by atoms with Crippen LogP contribution in [0.25, 0.3) is 5.57 Å². The Labute approximate surface area is 225 Å². The van der Waals surface area contributed by atoms with Crippen molar-refractivity contribution in [2.45, 2.75) is 59.3 Å². The van der Waals surface area contributed by atoms with Crippen molar-refractivity contribution in [3.63, 3.8) is 0 Å². The van der Waals surface area contributed by atoms with Gasteiger partial charge in [-0.05, 0) is 25.0 Å². The highest BCUT2D eigenvalue weighted by molar-refractivity contribution is 8.04. The van der Waals surface area contributed by atoms with Gasteiger partial charge in [0, 0.05) is 30.5 Å². The smallest absolute Gasteiger partial charge is 0.320 e. The van der Waals surface area contributed by atoms with Gasteiger partial charge in [0.25, 0.3) is 0 Å². The number of aromatic nitrogens is 2. The number of ketones is 1. The minimum absolute atomic E-state index is 0.0215. The second-order valence-electron chi connectivity index (χ2n) is 10.9. The molecule has 8 rings (SSSR count). The predicted molar refractivity (Wildman–Crippen MR) is 145 cm³/mol. The van der Waals surface area contributed by atoms with Crippen molar-refractivity contribution in [2.75, 3.05) is 11.9 Å². The average molecular weight is 550 g/mol. The second kappa shape index (κ2) is 7.30. The van der Waals surface area contributed by atoms with E-state index in [2.05, 4.69) is 14.9 Å². The van der Waals surface area contributed by atoms with E-state index in [9.17, 15) is 19.8 Å². The van der Waals surface area contributed by atoms with Crippen LogP contribution in [0.2, 0.25) is 0 Å². The molecule has 1 aliphatic carbocycles. The summed E-state index contributed by atoms with van der Waals surface area (Å²) >= 11 is 3.23. The van der Waals surface area contributed by atoms with Gasteiger partial charge in [0.05, 0.1) is 44.5 Å². The van der Waals surface area contributed by atoms with Crippen LogP contribution in [0.3, 0.4) is 0 Å². The van der Waals surface area contributed by atoms with Gasteiger partial charge in [0.1, 0.15) is 23.3 Å². The Morgan fingerprint density at radius 1 is 1.47 bits per heavy atom. The van der Waals surface area contributed by atoms with Crippen molar-refractivity contribution in [3.8, 4) is 5.75 Å². The van der Waals surface area contributed by atoms with Crippen LogP contribution < -0.4 is 26.2 Å². The van der Waals surface area contributed by atoms with Gasteiger partial charge in [0.2, 0.25) is 17.2 Å². The van der Waals surface area contributed by atoms with Crippen molar-refractivity contribution < 1.29 is 19.8 Å². The number of nitrogens with zero attached hydrogens (tertiary/aromatic N) is 4. The van der Waals surface area contributed by atoms with Gasteiger partial charge in [-0.2, -0.15) is 0 Å². The summed E-state index contributed by atoms with van der Waals surface area (Å²) in [6, 6.07) is -1.45. The van der Waals surface area contributed by atoms with Crippen molar-refractivity contribution in [1.82, 2.24) is 14.1 Å². The molecule has 5 N–H and O–H groups in total. The maximum Gasteiger partial charge on any atom is 0.320 e. The third-order valence-corrected chi connectivity index (χ3v) is 11.7. The number of hydrogen-bond donors (Lipinski definition) is 4. The monoisotopic (exact) mass is 549 g/mol. The number of aromatic hydroxyl groups is 1. The number of carbonyl (C=O) groups excluding carboxylic acids is 1. The molecule has 5 aliphatic heterocycles. The highest BCUT2D eigenvalue weighted by Gasteiger charge is 2.67. The summed E-state index contributed by atoms with van der Waals surface area (Å²) in [7, 11) is 1.84. The Morgan fingerprint density at radius 2 is 2.29 bits per heavy atom. The molecule has 1 spiro atoms. The zero-order chi connectivity index (χ0) is 26.2. The number of carboxylic acids is 1. The van der Waals surface area contributed by atoms with Crippen molar-refractivity contribution in [2.24, 2.45) is 17.8 Å². The van der Waals surface area contributed by atoms with Crippen LogP contribution in [0.1, 0.15) is 31.0 Å². The molecule has 2 aromatic rings. The van der Waals surface area contributed by atoms with E-state index in [1.165, 1.54) is 0 Å². The zero-order valence-electron chi connectivity index (χ0n) is 20.7. The molecule has 12 heteroatoms. The average Bonchev–Trinajstić information content (AvgIpc) is 3.49. The number of fused-ring (bicyclic) bond motifs is 3. The molecule has 5 atom stereocenters. The fourth-order valence-electron chi connectivity index (χ4n) is 7.33. The fraction of sp³-hybridized carbons (Fsp3) is 0.423. The lowest BCUT2D eigenvalue weighted by atomic mass is 9.64. The number of hydrogen-bond acceptors (Lipinski definition) is 9. The van der Waals surface area contributed by atoms with Gasteiger partial charge < -0.3 is 25.8 Å². The molecule has 6 heterocycles. The molecule has 1 aromatic heterocycles. The largest absolute Gasteiger partial charge is 0.504 e. The summed E-state index contributed by atoms with van der Waals surface area (Å²) in [6.45, 7) is 2.68. The predicted octanol–water partition coefficient (Wildman–Crippen LogP) is 0.368. The Kier molecular flexibility index (Phi) is 4.39. The number of aryl methyl sites for hydroxylation is 1. The second-order valence-corrected chi connectivity index (χ2v) is 13.2. The van der Waals surface area contributed by atoms with E-state index in [1.54, 1.807) is 29.9 Å². The summed E-state index contributed by atoms with van der Waals surface area (Å²) < 4.78 is 4.06. The van der Waals surface area contributed by atoms with Gasteiger partial charge in [-0.3, -0.25) is 9.59 Å². The number of aliphatic carboxylic acids is 1. The lowest BCUT2D eigenvalue weighted by molar-refractivity contribution is -0.138. The number of carbonyl (C=O) groups is 2. The van der Waals surface area contributed by atoms with E-state index in [0.717, 1.165) is 56.6 Å². The summed E-state index contributed by atoms with van der Waals surface area (Å²) in [4.78, 5) is 35.9. The molecule has 10 nitrogen and oxygen atoms in total. The molecule has 6 aliphatic rings. The highest BCUT2D eigenvalue weighted by atomic mass is 32.2. The highest BCUT2D eigenvalue weighted by Crippen LogP contribution is 2.65. The first kappa shape index (κ1) is 22.9. The number of benzene rings is 1. The molecular weight excluding hydrogens is 524 g/mol. The van der Waals surface area contributed by atoms with Crippen LogP contribution in [0.15, 0.2) is 27.3 Å². The molecule has 0 radical (unpaired) electrons. The number of phenolic OH excluding ortho intramolecular Hbond substituents is 1. The van der Waals surface area contributed by atoms with Gasteiger partial charge in [0.15, 0.2) is 5.75 Å². The number of imidazole rings is 1. The van der Waals surface area contributed by atoms with Crippen molar-refractivity contribution in [1.29, 1.82) is 0 Å². The van der Waals surface area contributed by atoms with Crippen LogP contribution in [0.4, 0.5) is 11.4 Å². The molecule has 38 heavy (non-hydrogen) atoms. The fourth-order valence-corrected chi connectivity index (χ4v) is 10.6. The van der Waals surface area contributed by atoms with E-state index in [1.807, 2.05) is 24.6 Å². The first-order valence-electron chi connectivity index (χ1n) is 12.7. The Morgan fingerprint density at radius 3 is 3.08 bits per heavy atom. The number of carboxylic acid groups (broad SMARTS) is 1. The number of nitrogens with two attached hydrogens (primary N) is 1. The number of phenols is 1. The summed E-state index contributed by atoms with van der Waals surface area (Å²) in [6.07, 6.45) is 5.20. The zero-order valence-corrected chi connectivity index (χ0v) is 22.3. The lowest BCUT2D eigenvalue weighted by Crippen LogP contribution is -2.69. The summed E-state index contributed by atoms with van der Waals surface area (Å²) in [5, 5.41) is 27.1. The van der Waals surface area contributed by atoms with Crippen LogP contribution >= 0.6 is 23.5 Å². The maximum atomic E-state index is 13.9. The molecule has 1 fully saturated rings. The van der Waals surface area contributed by atoms with Crippen LogP contribution in [0, 0.1) is 0 Å². The van der Waals surface area contributed by atoms with Gasteiger partial charge in [-0.25, -0.2) is 14.6 Å². The van der Waals surface area contributed by atoms with Gasteiger partial charge in [-0.15, -0.1) is 11.8 Å². The molecule has 1 saturated heterocycles. The number of nitrogens with one attached hydrogen (secondary N) is 1. The molecule has 194 valence electrons. The quantitative estimate of drug-likeness (QED) is 0.307. The third kappa shape index (κ3) is 2.58.